The van der Waals surface area contributed by atoms with Crippen molar-refractivity contribution >= 4 is 17.2 Å². The predicted molar refractivity (Wildman–Crippen MR) is 58.0 cm³/mol. The number of ether oxygens (including phenoxy) is 1. The van der Waals surface area contributed by atoms with E-state index in [1.165, 1.54) is 0 Å². The lowest BCUT2D eigenvalue weighted by Crippen LogP contribution is -2.18. The fourth-order valence-electron chi connectivity index (χ4n) is 1.16. The van der Waals surface area contributed by atoms with Gasteiger partial charge >= 0.3 is 6.18 Å². The van der Waals surface area contributed by atoms with Crippen molar-refractivity contribution in [2.24, 2.45) is 5.73 Å². The summed E-state index contributed by atoms with van der Waals surface area (Å²) in [5, 5.41) is 0. The molecule has 0 radical (unpaired) electrons. The number of benzene rings is 1. The molecular formula is C10H10F3NOS. The average Bonchev–Trinajstić information content (AvgIpc) is 2.16. The Kier molecular flexibility index (Phi) is 4.26. The number of hydrogen-bond donors (Lipinski definition) is 1. The third-order valence-corrected chi connectivity index (χ3v) is 2.03. The molecule has 0 aliphatic rings. The Morgan fingerprint density at radius 1 is 1.31 bits per heavy atom. The van der Waals surface area contributed by atoms with Crippen LogP contribution in [0.4, 0.5) is 13.2 Å². The van der Waals surface area contributed by atoms with Crippen molar-refractivity contribution in [3.8, 4) is 0 Å². The van der Waals surface area contributed by atoms with Crippen LogP contribution in [0.5, 0.6) is 0 Å². The Hall–Kier alpha value is -1.14. The molecule has 6 heteroatoms. The number of nitrogens with two attached hydrogens (primary N) is 1. The fourth-order valence-corrected chi connectivity index (χ4v) is 1.36. The maximum Gasteiger partial charge on any atom is 0.411 e. The minimum absolute atomic E-state index is 0.145. The fraction of sp³-hybridized carbons (Fsp3) is 0.300. The normalized spacial score (nSPS) is 11.4. The van der Waals surface area contributed by atoms with Gasteiger partial charge in [0, 0.05) is 5.56 Å². The number of alkyl halides is 3. The highest BCUT2D eigenvalue weighted by Crippen LogP contribution is 2.16. The van der Waals surface area contributed by atoms with Crippen molar-refractivity contribution in [3.63, 3.8) is 0 Å². The van der Waals surface area contributed by atoms with Crippen LogP contribution in [0.1, 0.15) is 11.1 Å². The van der Waals surface area contributed by atoms with Gasteiger partial charge in [0.2, 0.25) is 0 Å². The Morgan fingerprint density at radius 3 is 2.50 bits per heavy atom. The van der Waals surface area contributed by atoms with E-state index in [1.807, 2.05) is 0 Å². The highest BCUT2D eigenvalue weighted by Gasteiger charge is 2.27. The third-order valence-electron chi connectivity index (χ3n) is 1.81. The van der Waals surface area contributed by atoms with Crippen LogP contribution in [0.15, 0.2) is 24.3 Å². The summed E-state index contributed by atoms with van der Waals surface area (Å²) in [7, 11) is 0. The van der Waals surface area contributed by atoms with E-state index in [-0.39, 0.29) is 11.6 Å². The first-order chi connectivity index (χ1) is 7.40. The van der Waals surface area contributed by atoms with Gasteiger partial charge in [-0.25, -0.2) is 0 Å². The van der Waals surface area contributed by atoms with E-state index in [0.717, 1.165) is 0 Å². The molecule has 88 valence electrons. The zero-order valence-electron chi connectivity index (χ0n) is 8.25. The van der Waals surface area contributed by atoms with Crippen molar-refractivity contribution in [2.45, 2.75) is 12.8 Å². The van der Waals surface area contributed by atoms with E-state index in [1.54, 1.807) is 24.3 Å². The molecule has 0 saturated heterocycles. The minimum atomic E-state index is -4.32. The van der Waals surface area contributed by atoms with E-state index >= 15 is 0 Å². The lowest BCUT2D eigenvalue weighted by molar-refractivity contribution is -0.176. The second-order valence-electron chi connectivity index (χ2n) is 3.13. The molecule has 16 heavy (non-hydrogen) atoms. The molecule has 0 atom stereocenters. The SMILES string of the molecule is NC(=S)c1ccccc1COCC(F)(F)F. The molecule has 0 saturated carbocycles. The Balaban J connectivity index is 2.64. The molecule has 0 amide bonds. The summed E-state index contributed by atoms with van der Waals surface area (Å²) in [6.07, 6.45) is -4.32. The van der Waals surface area contributed by atoms with Gasteiger partial charge in [-0.15, -0.1) is 0 Å². The number of halogens is 3. The lowest BCUT2D eigenvalue weighted by atomic mass is 10.1. The molecule has 2 nitrogen and oxygen atoms in total. The van der Waals surface area contributed by atoms with Crippen LogP contribution in [0.3, 0.4) is 0 Å². The molecule has 0 unspecified atom stereocenters. The highest BCUT2D eigenvalue weighted by molar-refractivity contribution is 7.80. The van der Waals surface area contributed by atoms with Crippen molar-refractivity contribution in [3.05, 3.63) is 35.4 Å². The van der Waals surface area contributed by atoms with Crippen molar-refractivity contribution in [2.75, 3.05) is 6.61 Å². The lowest BCUT2D eigenvalue weighted by Gasteiger charge is -2.10. The quantitative estimate of drug-likeness (QED) is 0.832. The molecule has 0 fully saturated rings. The molecule has 0 heterocycles. The first-order valence-electron chi connectivity index (χ1n) is 4.42. The number of rotatable bonds is 4. The van der Waals surface area contributed by atoms with Crippen molar-refractivity contribution < 1.29 is 17.9 Å². The number of hydrogen-bond acceptors (Lipinski definition) is 2. The second-order valence-corrected chi connectivity index (χ2v) is 3.57. The maximum absolute atomic E-state index is 11.8. The van der Waals surface area contributed by atoms with Crippen LogP contribution in [0, 0.1) is 0 Å². The Bertz CT molecular complexity index is 379. The topological polar surface area (TPSA) is 35.2 Å². The molecule has 1 aromatic carbocycles. The number of thiocarbonyl (C=S) groups is 1. The maximum atomic E-state index is 11.8. The van der Waals surface area contributed by atoms with Crippen molar-refractivity contribution in [1.29, 1.82) is 0 Å². The predicted octanol–water partition coefficient (Wildman–Crippen LogP) is 2.40. The summed E-state index contributed by atoms with van der Waals surface area (Å²) in [4.78, 5) is 0.145. The smallest absolute Gasteiger partial charge is 0.389 e. The van der Waals surface area contributed by atoms with E-state index in [2.05, 4.69) is 4.74 Å². The van der Waals surface area contributed by atoms with E-state index in [9.17, 15) is 13.2 Å². The zero-order chi connectivity index (χ0) is 12.2. The van der Waals surface area contributed by atoms with Crippen LogP contribution in [-0.4, -0.2) is 17.8 Å². The van der Waals surface area contributed by atoms with Crippen molar-refractivity contribution in [1.82, 2.24) is 0 Å². The summed E-state index contributed by atoms with van der Waals surface area (Å²) in [5.41, 5.74) is 6.52. The molecule has 0 aliphatic heterocycles. The molecule has 2 N–H and O–H groups in total. The standard InChI is InChI=1S/C10H10F3NOS/c11-10(12,13)6-15-5-7-3-1-2-4-8(7)9(14)16/h1-4H,5-6H2,(H2,14,16). The van der Waals surface area contributed by atoms with Crippen LogP contribution >= 0.6 is 12.2 Å². The Morgan fingerprint density at radius 2 is 1.94 bits per heavy atom. The molecule has 0 aromatic heterocycles. The van der Waals surface area contributed by atoms with Crippen LogP contribution < -0.4 is 5.73 Å². The first kappa shape index (κ1) is 12.9. The summed E-state index contributed by atoms with van der Waals surface area (Å²) in [6.45, 7) is -1.44. The molecule has 0 bridgehead atoms. The van der Waals surface area contributed by atoms with Gasteiger partial charge < -0.3 is 10.5 Å². The zero-order valence-corrected chi connectivity index (χ0v) is 9.07. The van der Waals surface area contributed by atoms with Gasteiger partial charge in [-0.2, -0.15) is 13.2 Å². The van der Waals surface area contributed by atoms with Gasteiger partial charge in [-0.3, -0.25) is 0 Å². The molecule has 0 spiro atoms. The molecule has 0 aliphatic carbocycles. The average molecular weight is 249 g/mol. The van der Waals surface area contributed by atoms with Gasteiger partial charge in [0.15, 0.2) is 0 Å². The van der Waals surface area contributed by atoms with Crippen LogP contribution in [0.2, 0.25) is 0 Å². The van der Waals surface area contributed by atoms with Crippen LogP contribution in [0.25, 0.3) is 0 Å². The summed E-state index contributed by atoms with van der Waals surface area (Å²) >= 11 is 4.77. The van der Waals surface area contributed by atoms with E-state index in [4.69, 9.17) is 18.0 Å². The molecule has 1 rings (SSSR count). The Labute approximate surface area is 96.2 Å². The third kappa shape index (κ3) is 4.16. The van der Waals surface area contributed by atoms with Gasteiger partial charge in [-0.1, -0.05) is 36.5 Å². The van der Waals surface area contributed by atoms with Gasteiger partial charge in [0.1, 0.15) is 11.6 Å². The van der Waals surface area contributed by atoms with E-state index in [0.29, 0.717) is 11.1 Å². The van der Waals surface area contributed by atoms with E-state index < -0.39 is 12.8 Å². The van der Waals surface area contributed by atoms with Gasteiger partial charge in [0.25, 0.3) is 0 Å². The molecule has 1 aromatic rings. The largest absolute Gasteiger partial charge is 0.411 e. The minimum Gasteiger partial charge on any atom is -0.389 e. The summed E-state index contributed by atoms with van der Waals surface area (Å²) in [5.74, 6) is 0. The van der Waals surface area contributed by atoms with Crippen LogP contribution in [-0.2, 0) is 11.3 Å². The first-order valence-corrected chi connectivity index (χ1v) is 4.83. The molecular weight excluding hydrogens is 239 g/mol. The van der Waals surface area contributed by atoms with Gasteiger partial charge in [0.05, 0.1) is 6.61 Å². The monoisotopic (exact) mass is 249 g/mol. The summed E-state index contributed by atoms with van der Waals surface area (Å²) < 4.78 is 40.1. The second kappa shape index (κ2) is 5.27. The van der Waals surface area contributed by atoms with Gasteiger partial charge in [-0.05, 0) is 5.56 Å². The highest BCUT2D eigenvalue weighted by atomic mass is 32.1. The summed E-state index contributed by atoms with van der Waals surface area (Å²) in [6, 6.07) is 6.68.